The molecule has 0 atom stereocenters. The zero-order valence-electron chi connectivity index (χ0n) is 13.7. The molecule has 1 aromatic carbocycles. The van der Waals surface area contributed by atoms with Crippen molar-refractivity contribution < 1.29 is 14.5 Å². The molecule has 6 heteroatoms. The van der Waals surface area contributed by atoms with E-state index in [0.717, 1.165) is 11.8 Å². The van der Waals surface area contributed by atoms with Crippen LogP contribution in [0, 0.1) is 10.1 Å². The Morgan fingerprint density at radius 2 is 1.92 bits per heavy atom. The van der Waals surface area contributed by atoms with Gasteiger partial charge in [-0.3, -0.25) is 10.1 Å². The normalized spacial score (nSPS) is 11.0. The van der Waals surface area contributed by atoms with Crippen LogP contribution in [0.15, 0.2) is 36.5 Å². The molecule has 1 heterocycles. The number of nitrogens with zero attached hydrogens (tertiary/aromatic N) is 2. The summed E-state index contributed by atoms with van der Waals surface area (Å²) in [5.41, 5.74) is 2.29. The number of methoxy groups -OCH3 is 1. The zero-order valence-corrected chi connectivity index (χ0v) is 13.7. The number of hydrogen-bond donors (Lipinski definition) is 0. The fourth-order valence-electron chi connectivity index (χ4n) is 2.14. The van der Waals surface area contributed by atoms with E-state index in [0.29, 0.717) is 11.6 Å². The van der Waals surface area contributed by atoms with E-state index in [9.17, 15) is 14.9 Å². The van der Waals surface area contributed by atoms with Crippen molar-refractivity contribution in [2.45, 2.75) is 19.8 Å². The maximum Gasteiger partial charge on any atom is 0.340 e. The molecule has 0 bridgehead atoms. The molecule has 0 radical (unpaired) electrons. The Morgan fingerprint density at radius 3 is 2.46 bits per heavy atom. The minimum Gasteiger partial charge on any atom is -0.465 e. The maximum atomic E-state index is 11.8. The van der Waals surface area contributed by atoms with Gasteiger partial charge in [0.25, 0.3) is 5.69 Å². The van der Waals surface area contributed by atoms with E-state index in [-0.39, 0.29) is 11.3 Å². The van der Waals surface area contributed by atoms with Crippen molar-refractivity contribution in [3.05, 3.63) is 69.0 Å². The van der Waals surface area contributed by atoms with Gasteiger partial charge in [0.1, 0.15) is 6.20 Å². The van der Waals surface area contributed by atoms with Crippen LogP contribution in [0.2, 0.25) is 0 Å². The predicted octanol–water partition coefficient (Wildman–Crippen LogP) is 4.07. The number of ether oxygens (including phenoxy) is 1. The minimum atomic E-state index is -0.666. The molecule has 2 aromatic rings. The lowest BCUT2D eigenvalue weighted by Crippen LogP contribution is -2.06. The second-order valence-corrected chi connectivity index (χ2v) is 5.53. The quantitative estimate of drug-likeness (QED) is 0.470. The molecule has 0 aliphatic carbocycles. The first-order valence-corrected chi connectivity index (χ1v) is 7.43. The molecule has 0 saturated carbocycles. The van der Waals surface area contributed by atoms with Crippen LogP contribution in [0.3, 0.4) is 0 Å². The molecule has 24 heavy (non-hydrogen) atoms. The molecule has 2 rings (SSSR count). The molecule has 0 N–H and O–H groups in total. The number of pyridine rings is 1. The molecular weight excluding hydrogens is 308 g/mol. The van der Waals surface area contributed by atoms with Crippen LogP contribution in [0.25, 0.3) is 12.2 Å². The molecule has 0 amide bonds. The number of esters is 1. The van der Waals surface area contributed by atoms with Crippen LogP contribution < -0.4 is 0 Å². The average molecular weight is 326 g/mol. The lowest BCUT2D eigenvalue weighted by molar-refractivity contribution is -0.385. The van der Waals surface area contributed by atoms with Gasteiger partial charge in [-0.15, -0.1) is 0 Å². The Bertz CT molecular complexity index is 780. The molecule has 0 aliphatic heterocycles. The second kappa shape index (κ2) is 7.50. The molecule has 1 aromatic heterocycles. The maximum absolute atomic E-state index is 11.8. The van der Waals surface area contributed by atoms with E-state index < -0.39 is 10.9 Å². The van der Waals surface area contributed by atoms with Crippen LogP contribution in [0.1, 0.15) is 46.9 Å². The van der Waals surface area contributed by atoms with Crippen LogP contribution in [0.5, 0.6) is 0 Å². The molecule has 0 saturated heterocycles. The van der Waals surface area contributed by atoms with E-state index in [2.05, 4.69) is 23.6 Å². The van der Waals surface area contributed by atoms with Gasteiger partial charge in [-0.1, -0.05) is 44.2 Å². The monoisotopic (exact) mass is 326 g/mol. The van der Waals surface area contributed by atoms with E-state index >= 15 is 0 Å². The largest absolute Gasteiger partial charge is 0.465 e. The van der Waals surface area contributed by atoms with Gasteiger partial charge in [-0.2, -0.15) is 0 Å². The Morgan fingerprint density at radius 1 is 1.25 bits per heavy atom. The highest BCUT2D eigenvalue weighted by molar-refractivity contribution is 5.94. The lowest BCUT2D eigenvalue weighted by Gasteiger charge is -2.05. The molecule has 0 spiro atoms. The highest BCUT2D eigenvalue weighted by atomic mass is 16.6. The smallest absolute Gasteiger partial charge is 0.340 e. The van der Waals surface area contributed by atoms with Gasteiger partial charge >= 0.3 is 5.97 Å². The Hall–Kier alpha value is -3.02. The molecule has 6 nitrogen and oxygen atoms in total. The number of aromatic nitrogens is 1. The number of carbonyl (C=O) groups is 1. The summed E-state index contributed by atoms with van der Waals surface area (Å²) in [7, 11) is 1.22. The highest BCUT2D eigenvalue weighted by Gasteiger charge is 2.17. The number of rotatable bonds is 5. The number of nitro groups is 1. The summed E-state index contributed by atoms with van der Waals surface area (Å²) in [6.07, 6.45) is 4.55. The summed E-state index contributed by atoms with van der Waals surface area (Å²) >= 11 is 0. The van der Waals surface area contributed by atoms with E-state index in [4.69, 9.17) is 0 Å². The van der Waals surface area contributed by atoms with Gasteiger partial charge in [0.15, 0.2) is 0 Å². The van der Waals surface area contributed by atoms with Crippen LogP contribution in [0.4, 0.5) is 5.69 Å². The summed E-state index contributed by atoms with van der Waals surface area (Å²) < 4.78 is 4.67. The van der Waals surface area contributed by atoms with Crippen molar-refractivity contribution in [3.8, 4) is 0 Å². The van der Waals surface area contributed by atoms with Gasteiger partial charge < -0.3 is 4.74 Å². The third kappa shape index (κ3) is 4.04. The molecular formula is C18H18N2O4. The van der Waals surface area contributed by atoms with Gasteiger partial charge in [0, 0.05) is 6.07 Å². The summed E-state index contributed by atoms with van der Waals surface area (Å²) in [6, 6.07) is 9.17. The first kappa shape index (κ1) is 17.3. The summed E-state index contributed by atoms with van der Waals surface area (Å²) in [5, 5.41) is 10.8. The average Bonchev–Trinajstić information content (AvgIpc) is 2.59. The highest BCUT2D eigenvalue weighted by Crippen LogP contribution is 2.19. The fourth-order valence-corrected chi connectivity index (χ4v) is 2.14. The van der Waals surface area contributed by atoms with Gasteiger partial charge in [0.05, 0.1) is 23.3 Å². The SMILES string of the molecule is COC(=O)c1cc([N+](=O)[O-])cnc1/C=C/c1ccc(C(C)C)cc1. The molecule has 0 fully saturated rings. The molecule has 124 valence electrons. The first-order valence-electron chi connectivity index (χ1n) is 7.43. The van der Waals surface area contributed by atoms with E-state index in [1.807, 2.05) is 24.3 Å². The van der Waals surface area contributed by atoms with Crippen molar-refractivity contribution >= 4 is 23.8 Å². The number of benzene rings is 1. The van der Waals surface area contributed by atoms with Crippen molar-refractivity contribution in [2.24, 2.45) is 0 Å². The topological polar surface area (TPSA) is 82.3 Å². The van der Waals surface area contributed by atoms with Crippen molar-refractivity contribution in [1.29, 1.82) is 0 Å². The van der Waals surface area contributed by atoms with E-state index in [1.54, 1.807) is 12.2 Å². The molecule has 0 aliphatic rings. The Labute approximate surface area is 140 Å². The third-order valence-corrected chi connectivity index (χ3v) is 3.56. The fraction of sp³-hybridized carbons (Fsp3) is 0.222. The van der Waals surface area contributed by atoms with Crippen LogP contribution in [-0.2, 0) is 4.74 Å². The summed E-state index contributed by atoms with van der Waals surface area (Å²) in [4.78, 5) is 26.1. The van der Waals surface area contributed by atoms with Gasteiger partial charge in [-0.25, -0.2) is 9.78 Å². The van der Waals surface area contributed by atoms with Gasteiger partial charge in [0.2, 0.25) is 0 Å². The second-order valence-electron chi connectivity index (χ2n) is 5.53. The standard InChI is InChI=1S/C18H18N2O4/c1-12(2)14-7-4-13(5-8-14)6-9-17-16(18(21)24-3)10-15(11-19-17)20(22)23/h4-12H,1-3H3/b9-6+. The van der Waals surface area contributed by atoms with E-state index in [1.165, 1.54) is 18.7 Å². The van der Waals surface area contributed by atoms with Crippen molar-refractivity contribution in [2.75, 3.05) is 7.11 Å². The summed E-state index contributed by atoms with van der Waals surface area (Å²) in [5.74, 6) is -0.216. The Balaban J connectivity index is 2.33. The van der Waals surface area contributed by atoms with Crippen molar-refractivity contribution in [3.63, 3.8) is 0 Å². The lowest BCUT2D eigenvalue weighted by atomic mass is 10.0. The minimum absolute atomic E-state index is 0.0572. The summed E-state index contributed by atoms with van der Waals surface area (Å²) in [6.45, 7) is 4.24. The zero-order chi connectivity index (χ0) is 17.7. The number of carbonyl (C=O) groups excluding carboxylic acids is 1. The Kier molecular flexibility index (Phi) is 5.42. The predicted molar refractivity (Wildman–Crippen MR) is 91.7 cm³/mol. The van der Waals surface area contributed by atoms with Crippen LogP contribution in [-0.4, -0.2) is 23.0 Å². The van der Waals surface area contributed by atoms with Gasteiger partial charge in [-0.05, 0) is 23.1 Å². The number of hydrogen-bond acceptors (Lipinski definition) is 5. The van der Waals surface area contributed by atoms with Crippen molar-refractivity contribution in [1.82, 2.24) is 4.98 Å². The van der Waals surface area contributed by atoms with Crippen LogP contribution >= 0.6 is 0 Å². The third-order valence-electron chi connectivity index (χ3n) is 3.56. The first-order chi connectivity index (χ1) is 11.4. The molecule has 0 unspecified atom stereocenters.